The molecule has 0 saturated carbocycles. The third kappa shape index (κ3) is 56.1. The zero-order chi connectivity index (χ0) is 10.9. The third-order valence-corrected chi connectivity index (χ3v) is 0.724. The SMILES string of the molecule is NCCCO.NCCCO.[I][Pt+2][I]. The van der Waals surface area contributed by atoms with E-state index in [0.29, 0.717) is 24.3 Å². The van der Waals surface area contributed by atoms with Crippen molar-refractivity contribution in [3.63, 3.8) is 0 Å². The number of nitrogens with two attached hydrogens (primary N) is 2. The average Bonchev–Trinajstić information content (AvgIpc) is 2.09. The fourth-order valence-electron chi connectivity index (χ4n) is 0.183. The van der Waals surface area contributed by atoms with Gasteiger partial charge in [0.2, 0.25) is 0 Å². The van der Waals surface area contributed by atoms with E-state index >= 15 is 0 Å². The zero-order valence-corrected chi connectivity index (χ0v) is 14.0. The number of aliphatic hydroxyl groups is 2. The van der Waals surface area contributed by atoms with E-state index in [-0.39, 0.29) is 13.2 Å². The first-order valence-electron chi connectivity index (χ1n) is 3.69. The molecule has 0 aliphatic heterocycles. The van der Waals surface area contributed by atoms with Crippen molar-refractivity contribution < 1.29 is 21.4 Å². The van der Waals surface area contributed by atoms with Crippen molar-refractivity contribution in [3.8, 4) is 0 Å². The number of hydrogen-bond donors (Lipinski definition) is 4. The molecule has 0 saturated heterocycles. The van der Waals surface area contributed by atoms with Crippen LogP contribution in [-0.2, 0) is 11.2 Å². The van der Waals surface area contributed by atoms with Crippen LogP contribution in [0.1, 0.15) is 12.8 Å². The number of halogens is 2. The molecule has 0 aliphatic rings. The Morgan fingerprint density at radius 1 is 0.923 bits per heavy atom. The van der Waals surface area contributed by atoms with Crippen LogP contribution in [0.15, 0.2) is 0 Å². The molecule has 4 nitrogen and oxygen atoms in total. The van der Waals surface area contributed by atoms with Crippen molar-refractivity contribution in [3.05, 3.63) is 0 Å². The van der Waals surface area contributed by atoms with Gasteiger partial charge in [-0.25, -0.2) is 0 Å². The van der Waals surface area contributed by atoms with Gasteiger partial charge >= 0.3 is 49.9 Å². The Morgan fingerprint density at radius 3 is 1.15 bits per heavy atom. The Kier molecular flexibility index (Phi) is 45.8. The summed E-state index contributed by atoms with van der Waals surface area (Å²) in [6.07, 6.45) is 1.44. The molecule has 0 aromatic rings. The van der Waals surface area contributed by atoms with Crippen molar-refractivity contribution in [1.29, 1.82) is 0 Å². The van der Waals surface area contributed by atoms with Crippen LogP contribution in [0.5, 0.6) is 0 Å². The first-order valence-corrected chi connectivity index (χ1v) is 16.6. The van der Waals surface area contributed by atoms with Gasteiger partial charge in [-0.1, -0.05) is 0 Å². The van der Waals surface area contributed by atoms with E-state index < -0.39 is 0 Å². The molecule has 0 bridgehead atoms. The van der Waals surface area contributed by atoms with Crippen molar-refractivity contribution in [1.82, 2.24) is 0 Å². The molecule has 0 aromatic heterocycles. The van der Waals surface area contributed by atoms with Gasteiger partial charge in [-0.05, 0) is 25.9 Å². The van der Waals surface area contributed by atoms with Gasteiger partial charge in [0, 0.05) is 13.2 Å². The Hall–Kier alpha value is 1.99. The van der Waals surface area contributed by atoms with E-state index in [1.54, 1.807) is 0 Å². The van der Waals surface area contributed by atoms with E-state index in [1.807, 2.05) is 0 Å². The first kappa shape index (κ1) is 20.4. The molecule has 0 radical (unpaired) electrons. The summed E-state index contributed by atoms with van der Waals surface area (Å²) < 4.78 is 0. The van der Waals surface area contributed by atoms with Crippen LogP contribution in [0, 0.1) is 0 Å². The maximum atomic E-state index is 7.99. The minimum atomic E-state index is 0.219. The van der Waals surface area contributed by atoms with E-state index in [9.17, 15) is 0 Å². The van der Waals surface area contributed by atoms with Crippen molar-refractivity contribution in [2.24, 2.45) is 11.5 Å². The normalized spacial score (nSPS) is 8.15. The molecule has 6 N–H and O–H groups in total. The molecule has 0 aromatic carbocycles. The van der Waals surface area contributed by atoms with Crippen LogP contribution in [0.2, 0.25) is 0 Å². The summed E-state index contributed by atoms with van der Waals surface area (Å²) >= 11 is 5.30. The van der Waals surface area contributed by atoms with Crippen LogP contribution >= 0.6 is 38.7 Å². The summed E-state index contributed by atoms with van der Waals surface area (Å²) in [7, 11) is 0. The summed E-state index contributed by atoms with van der Waals surface area (Å²) in [5, 5.41) is 16.0. The van der Waals surface area contributed by atoms with Gasteiger partial charge in [0.15, 0.2) is 0 Å². The van der Waals surface area contributed by atoms with Crippen LogP contribution < -0.4 is 11.5 Å². The van der Waals surface area contributed by atoms with Crippen LogP contribution in [0.25, 0.3) is 0 Å². The average molecular weight is 599 g/mol. The zero-order valence-electron chi connectivity index (χ0n) is 7.36. The summed E-state index contributed by atoms with van der Waals surface area (Å²) in [6.45, 7) is 1.62. The quantitative estimate of drug-likeness (QED) is 0.353. The molecular formula is C6H18I2N2O2Pt+2. The van der Waals surface area contributed by atoms with Crippen molar-refractivity contribution >= 4 is 38.7 Å². The molecule has 0 aliphatic carbocycles. The van der Waals surface area contributed by atoms with E-state index in [0.717, 1.165) is 12.8 Å². The standard InChI is InChI=1S/2C3H9NO.2HI.Pt/c2*4-2-1-3-5;;;/h2*5H,1-4H2;2*1H;/q;;;;+4/p-2. The van der Waals surface area contributed by atoms with Crippen molar-refractivity contribution in [2.45, 2.75) is 12.8 Å². The summed E-state index contributed by atoms with van der Waals surface area (Å²) in [5.74, 6) is 0. The molecule has 0 amide bonds. The Labute approximate surface area is 109 Å². The van der Waals surface area contributed by atoms with Gasteiger partial charge in [-0.15, -0.1) is 0 Å². The minimum absolute atomic E-state index is 0.219. The fourth-order valence-corrected chi connectivity index (χ4v) is 0.183. The van der Waals surface area contributed by atoms with E-state index in [4.69, 9.17) is 21.7 Å². The molecule has 13 heavy (non-hydrogen) atoms. The van der Waals surface area contributed by atoms with Gasteiger partial charge in [-0.2, -0.15) is 0 Å². The Morgan fingerprint density at radius 2 is 1.15 bits per heavy atom. The number of aliphatic hydroxyl groups excluding tert-OH is 2. The molecule has 0 atom stereocenters. The topological polar surface area (TPSA) is 92.5 Å². The van der Waals surface area contributed by atoms with E-state index in [2.05, 4.69) is 38.7 Å². The monoisotopic (exact) mass is 599 g/mol. The molecule has 0 spiro atoms. The van der Waals surface area contributed by atoms with Crippen LogP contribution in [0.3, 0.4) is 0 Å². The predicted octanol–water partition coefficient (Wildman–Crippen LogP) is 0.424. The molecule has 0 fully saturated rings. The molecule has 86 valence electrons. The molecular weight excluding hydrogens is 581 g/mol. The molecule has 0 rings (SSSR count). The van der Waals surface area contributed by atoms with Crippen molar-refractivity contribution in [2.75, 3.05) is 26.3 Å². The maximum absolute atomic E-state index is 7.99. The van der Waals surface area contributed by atoms with Gasteiger partial charge in [0.25, 0.3) is 0 Å². The summed E-state index contributed by atoms with van der Waals surface area (Å²) in [6, 6.07) is 0. The molecule has 0 unspecified atom stereocenters. The van der Waals surface area contributed by atoms with Gasteiger partial charge in [0.1, 0.15) is 0 Å². The molecule has 7 heteroatoms. The Balaban J connectivity index is -0.000000120. The predicted molar refractivity (Wildman–Crippen MR) is 69.6 cm³/mol. The number of rotatable bonds is 4. The summed E-state index contributed by atoms with van der Waals surface area (Å²) in [4.78, 5) is 0. The fraction of sp³-hybridized carbons (Fsp3) is 1.00. The third-order valence-electron chi connectivity index (χ3n) is 0.724. The number of hydrogen-bond acceptors (Lipinski definition) is 4. The first-order chi connectivity index (χ1) is 6.24. The van der Waals surface area contributed by atoms with Crippen LogP contribution in [-0.4, -0.2) is 36.5 Å². The second kappa shape index (κ2) is 29.2. The second-order valence-corrected chi connectivity index (χ2v) is 18.4. The van der Waals surface area contributed by atoms with Gasteiger partial charge in [0.05, 0.1) is 0 Å². The Bertz CT molecular complexity index is 55.9. The molecule has 0 heterocycles. The van der Waals surface area contributed by atoms with Gasteiger partial charge < -0.3 is 21.7 Å². The second-order valence-electron chi connectivity index (χ2n) is 1.78. The van der Waals surface area contributed by atoms with Gasteiger partial charge in [-0.3, -0.25) is 0 Å². The van der Waals surface area contributed by atoms with E-state index in [1.165, 1.54) is 0 Å². The summed E-state index contributed by atoms with van der Waals surface area (Å²) in [5.41, 5.74) is 9.96. The van der Waals surface area contributed by atoms with Crippen LogP contribution in [0.4, 0.5) is 0 Å².